The second-order valence-corrected chi connectivity index (χ2v) is 6.36. The Morgan fingerprint density at radius 3 is 2.33 bits per heavy atom. The van der Waals surface area contributed by atoms with Crippen LogP contribution in [0.2, 0.25) is 0 Å². The number of rotatable bonds is 6. The van der Waals surface area contributed by atoms with Gasteiger partial charge in [-0.2, -0.15) is 0 Å². The third-order valence-corrected chi connectivity index (χ3v) is 4.00. The fourth-order valence-electron chi connectivity index (χ4n) is 1.84. The Kier molecular flexibility index (Phi) is 6.14. The molecule has 112 valence electrons. The van der Waals surface area contributed by atoms with Crippen molar-refractivity contribution in [1.82, 2.24) is 4.42 Å². The maximum atomic E-state index is 5.89. The fraction of sp³-hybridized carbons (Fsp3) is 0.250. The molecule has 2 aromatic carbocycles. The molecular weight excluding hydrogens is 401 g/mol. The van der Waals surface area contributed by atoms with Crippen LogP contribution in [0.25, 0.3) is 0 Å². The van der Waals surface area contributed by atoms with Gasteiger partial charge in [0.05, 0.1) is 10.7 Å². The number of halogens is 2. The number of hydrogen-bond donors (Lipinski definition) is 0. The van der Waals surface area contributed by atoms with Gasteiger partial charge in [-0.15, -0.1) is 0 Å². The van der Waals surface area contributed by atoms with Crippen LogP contribution in [-0.4, -0.2) is 25.1 Å². The molecule has 0 saturated heterocycles. The Hall–Kier alpha value is -0.980. The van der Waals surface area contributed by atoms with Gasteiger partial charge in [0.25, 0.3) is 0 Å². The van der Waals surface area contributed by atoms with Crippen LogP contribution in [0.1, 0.15) is 5.56 Å². The van der Waals surface area contributed by atoms with Gasteiger partial charge in [0.1, 0.15) is 17.2 Å². The lowest BCUT2D eigenvalue weighted by Crippen LogP contribution is -2.09. The topological polar surface area (TPSA) is 21.7 Å². The largest absolute Gasteiger partial charge is 0.497 e. The number of benzene rings is 2. The zero-order chi connectivity index (χ0) is 15.2. The van der Waals surface area contributed by atoms with Gasteiger partial charge in [-0.25, -0.2) is 4.42 Å². The summed E-state index contributed by atoms with van der Waals surface area (Å²) in [5, 5.41) is 0. The van der Waals surface area contributed by atoms with E-state index in [1.165, 1.54) is 5.56 Å². The molecule has 5 heteroatoms. The molecule has 0 bridgehead atoms. The van der Waals surface area contributed by atoms with Crippen molar-refractivity contribution in [3.05, 3.63) is 51.6 Å². The molecule has 2 aromatic rings. The molecule has 3 nitrogen and oxygen atoms in total. The minimum absolute atomic E-state index is 0.793. The van der Waals surface area contributed by atoms with Crippen LogP contribution in [0.5, 0.6) is 17.2 Å². The van der Waals surface area contributed by atoms with Crippen molar-refractivity contribution in [2.45, 2.75) is 6.42 Å². The highest BCUT2D eigenvalue weighted by Gasteiger charge is 2.05. The first-order valence-corrected chi connectivity index (χ1v) is 7.97. The summed E-state index contributed by atoms with van der Waals surface area (Å²) in [6, 6.07) is 13.7. The van der Waals surface area contributed by atoms with Gasteiger partial charge in [0.2, 0.25) is 0 Å². The second-order valence-electron chi connectivity index (χ2n) is 4.62. The molecule has 21 heavy (non-hydrogen) atoms. The molecule has 0 aromatic heterocycles. The first-order valence-electron chi connectivity index (χ1n) is 6.56. The first-order chi connectivity index (χ1) is 10.1. The normalized spacial score (nSPS) is 10.7. The van der Waals surface area contributed by atoms with E-state index < -0.39 is 0 Å². The van der Waals surface area contributed by atoms with Crippen molar-refractivity contribution >= 4 is 34.4 Å². The lowest BCUT2D eigenvalue weighted by molar-refractivity contribution is 0.412. The zero-order valence-corrected chi connectivity index (χ0v) is 14.9. The lowest BCUT2D eigenvalue weighted by atomic mass is 10.1. The zero-order valence-electron chi connectivity index (χ0n) is 12.0. The fourth-order valence-corrected chi connectivity index (χ4v) is 2.61. The Morgan fingerprint density at radius 1 is 1.10 bits per heavy atom. The molecule has 0 aliphatic heterocycles. The van der Waals surface area contributed by atoms with Crippen LogP contribution in [0.15, 0.2) is 42.5 Å². The van der Waals surface area contributed by atoms with E-state index in [-0.39, 0.29) is 0 Å². The van der Waals surface area contributed by atoms with E-state index in [0.717, 1.165) is 33.8 Å². The van der Waals surface area contributed by atoms with Crippen LogP contribution in [0, 0.1) is 3.57 Å². The second kappa shape index (κ2) is 7.87. The predicted octanol–water partition coefficient (Wildman–Crippen LogP) is 4.72. The Bertz CT molecular complexity index is 587. The van der Waals surface area contributed by atoms with Gasteiger partial charge in [-0.3, -0.25) is 0 Å². The molecule has 0 fully saturated rings. The number of methoxy groups -OCH3 is 1. The first kappa shape index (κ1) is 16.4. The van der Waals surface area contributed by atoms with Crippen LogP contribution < -0.4 is 9.47 Å². The van der Waals surface area contributed by atoms with E-state index in [1.54, 1.807) is 11.5 Å². The monoisotopic (exact) mass is 417 g/mol. The summed E-state index contributed by atoms with van der Waals surface area (Å²) in [5.41, 5.74) is 1.24. The van der Waals surface area contributed by atoms with Gasteiger partial charge in [-0.1, -0.05) is 6.07 Å². The summed E-state index contributed by atoms with van der Waals surface area (Å²) >= 11 is 8.11. The summed E-state index contributed by atoms with van der Waals surface area (Å²) in [4.78, 5) is 0. The molecule has 0 saturated carbocycles. The highest BCUT2D eigenvalue weighted by atomic mass is 127. The third-order valence-electron chi connectivity index (χ3n) is 2.99. The molecule has 2 rings (SSSR count). The summed E-state index contributed by atoms with van der Waals surface area (Å²) in [6.07, 6.45) is 0.915. The number of nitrogens with zero attached hydrogens (tertiary/aromatic N) is 1. The van der Waals surface area contributed by atoms with Crippen molar-refractivity contribution in [2.75, 3.05) is 20.7 Å². The van der Waals surface area contributed by atoms with Crippen LogP contribution in [0.3, 0.4) is 0 Å². The van der Waals surface area contributed by atoms with Crippen LogP contribution in [0.4, 0.5) is 0 Å². The minimum atomic E-state index is 0.793. The highest BCUT2D eigenvalue weighted by molar-refractivity contribution is 14.1. The smallest absolute Gasteiger partial charge is 0.140 e. The molecule has 0 unspecified atom stereocenters. The van der Waals surface area contributed by atoms with Crippen molar-refractivity contribution < 1.29 is 9.47 Å². The molecule has 0 spiro atoms. The summed E-state index contributed by atoms with van der Waals surface area (Å²) < 4.78 is 13.8. The molecular formula is C16H17ClINO2. The van der Waals surface area contributed by atoms with Crippen molar-refractivity contribution in [2.24, 2.45) is 0 Å². The standard InChI is InChI=1S/C16H17ClINO2/c1-19(17)10-9-12-3-8-16(15(18)11-12)21-14-6-4-13(20-2)5-7-14/h3-8,11H,9-10H2,1-2H3. The van der Waals surface area contributed by atoms with Gasteiger partial charge < -0.3 is 9.47 Å². The van der Waals surface area contributed by atoms with E-state index in [2.05, 4.69) is 34.7 Å². The third kappa shape index (κ3) is 5.05. The Labute approximate surface area is 144 Å². The summed E-state index contributed by atoms with van der Waals surface area (Å²) in [5.74, 6) is 2.46. The Morgan fingerprint density at radius 2 is 1.76 bits per heavy atom. The van der Waals surface area contributed by atoms with E-state index in [9.17, 15) is 0 Å². The van der Waals surface area contributed by atoms with Crippen LogP contribution >= 0.6 is 34.4 Å². The maximum absolute atomic E-state index is 5.89. The van der Waals surface area contributed by atoms with Crippen molar-refractivity contribution in [3.8, 4) is 17.2 Å². The van der Waals surface area contributed by atoms with Gasteiger partial charge in [-0.05, 0) is 82.8 Å². The molecule has 0 aliphatic carbocycles. The average Bonchev–Trinajstić information content (AvgIpc) is 2.48. The van der Waals surface area contributed by atoms with Gasteiger partial charge >= 0.3 is 0 Å². The molecule has 0 atom stereocenters. The minimum Gasteiger partial charge on any atom is -0.497 e. The SMILES string of the molecule is COc1ccc(Oc2ccc(CCN(C)Cl)cc2I)cc1. The van der Waals surface area contributed by atoms with Gasteiger partial charge in [0.15, 0.2) is 0 Å². The molecule has 0 amide bonds. The molecule has 0 N–H and O–H groups in total. The quantitative estimate of drug-likeness (QED) is 0.501. The highest BCUT2D eigenvalue weighted by Crippen LogP contribution is 2.28. The van der Waals surface area contributed by atoms with Crippen molar-refractivity contribution in [1.29, 1.82) is 0 Å². The van der Waals surface area contributed by atoms with Crippen LogP contribution in [-0.2, 0) is 6.42 Å². The van der Waals surface area contributed by atoms with Gasteiger partial charge in [0, 0.05) is 13.6 Å². The van der Waals surface area contributed by atoms with E-state index in [4.69, 9.17) is 21.3 Å². The van der Waals surface area contributed by atoms with E-state index >= 15 is 0 Å². The van der Waals surface area contributed by atoms with Crippen molar-refractivity contribution in [3.63, 3.8) is 0 Å². The summed E-state index contributed by atoms with van der Waals surface area (Å²) in [6.45, 7) is 0.816. The Balaban J connectivity index is 2.06. The lowest BCUT2D eigenvalue weighted by Gasteiger charge is -2.11. The number of hydrogen-bond acceptors (Lipinski definition) is 3. The van der Waals surface area contributed by atoms with E-state index in [1.807, 2.05) is 37.4 Å². The number of likely N-dealkylation sites (N-methyl/N-ethyl adjacent to an activating group) is 1. The summed E-state index contributed by atoms with van der Waals surface area (Å²) in [7, 11) is 3.50. The molecule has 0 aliphatic rings. The average molecular weight is 418 g/mol. The predicted molar refractivity (Wildman–Crippen MR) is 94.4 cm³/mol. The number of ether oxygens (including phenoxy) is 2. The maximum Gasteiger partial charge on any atom is 0.140 e. The molecule has 0 radical (unpaired) electrons. The molecule has 0 heterocycles. The van der Waals surface area contributed by atoms with E-state index in [0.29, 0.717) is 0 Å².